The van der Waals surface area contributed by atoms with Crippen LogP contribution < -0.4 is 5.14 Å². The normalized spacial score (nSPS) is 18.1. The lowest BCUT2D eigenvalue weighted by molar-refractivity contribution is 0.0735. The lowest BCUT2D eigenvalue weighted by Gasteiger charge is -2.24. The molecule has 1 aromatic carbocycles. The van der Waals surface area contributed by atoms with Gasteiger partial charge in [0.05, 0.1) is 17.1 Å². The van der Waals surface area contributed by atoms with E-state index >= 15 is 0 Å². The molecule has 1 fully saturated rings. The minimum atomic E-state index is -3.86. The molecule has 2 heterocycles. The predicted molar refractivity (Wildman–Crippen MR) is 88.8 cm³/mol. The van der Waals surface area contributed by atoms with Crippen LogP contribution in [-0.4, -0.2) is 35.6 Å². The zero-order valence-corrected chi connectivity index (χ0v) is 14.5. The Hall–Kier alpha value is -2.19. The Labute approximate surface area is 141 Å². The van der Waals surface area contributed by atoms with Gasteiger partial charge in [0.15, 0.2) is 0 Å². The number of rotatable bonds is 3. The predicted octanol–water partition coefficient (Wildman–Crippen LogP) is 1.35. The number of sulfonamides is 1. The second kappa shape index (κ2) is 6.03. The summed E-state index contributed by atoms with van der Waals surface area (Å²) in [6, 6.07) is 4.59. The van der Waals surface area contributed by atoms with Crippen LogP contribution in [0.4, 0.5) is 0 Å². The van der Waals surface area contributed by atoms with Crippen LogP contribution in [0.15, 0.2) is 35.5 Å². The van der Waals surface area contributed by atoms with Crippen LogP contribution in [0.5, 0.6) is 0 Å². The van der Waals surface area contributed by atoms with Crippen LogP contribution >= 0.6 is 0 Å². The minimum Gasteiger partial charge on any atom is -0.331 e. The van der Waals surface area contributed by atoms with Crippen molar-refractivity contribution in [1.82, 2.24) is 14.7 Å². The van der Waals surface area contributed by atoms with Gasteiger partial charge in [-0.15, -0.1) is 0 Å². The van der Waals surface area contributed by atoms with Crippen molar-refractivity contribution in [3.63, 3.8) is 0 Å². The van der Waals surface area contributed by atoms with E-state index in [2.05, 4.69) is 5.10 Å². The molecular weight excluding hydrogens is 328 g/mol. The number of hydrogen-bond donors (Lipinski definition) is 1. The monoisotopic (exact) mass is 348 g/mol. The number of carbonyl (C=O) groups is 1. The Morgan fingerprint density at radius 1 is 1.38 bits per heavy atom. The van der Waals surface area contributed by atoms with Gasteiger partial charge in [-0.3, -0.25) is 9.48 Å². The third kappa shape index (κ3) is 3.07. The molecule has 0 saturated carbocycles. The van der Waals surface area contributed by atoms with Gasteiger partial charge in [-0.25, -0.2) is 13.6 Å². The maximum absolute atomic E-state index is 12.9. The van der Waals surface area contributed by atoms with E-state index < -0.39 is 10.0 Å². The number of primary sulfonamides is 1. The van der Waals surface area contributed by atoms with Gasteiger partial charge in [0.1, 0.15) is 0 Å². The zero-order valence-electron chi connectivity index (χ0n) is 13.6. The van der Waals surface area contributed by atoms with Gasteiger partial charge in [-0.1, -0.05) is 6.07 Å². The molecule has 1 aliphatic rings. The summed E-state index contributed by atoms with van der Waals surface area (Å²) < 4.78 is 25.1. The molecule has 0 radical (unpaired) electrons. The molecule has 1 unspecified atom stereocenters. The number of nitrogens with zero attached hydrogens (tertiary/aromatic N) is 3. The van der Waals surface area contributed by atoms with E-state index in [4.69, 9.17) is 5.14 Å². The Morgan fingerprint density at radius 2 is 2.12 bits per heavy atom. The first kappa shape index (κ1) is 16.7. The number of aryl methyl sites for hydroxylation is 2. The average Bonchev–Trinajstić information content (AvgIpc) is 3.14. The Bertz CT molecular complexity index is 888. The molecule has 1 aliphatic heterocycles. The average molecular weight is 348 g/mol. The molecular formula is C16H20N4O3S. The van der Waals surface area contributed by atoms with E-state index in [9.17, 15) is 13.2 Å². The van der Waals surface area contributed by atoms with Crippen molar-refractivity contribution >= 4 is 15.9 Å². The summed E-state index contributed by atoms with van der Waals surface area (Å²) in [5, 5.41) is 9.41. The number of amides is 1. The molecule has 7 nitrogen and oxygen atoms in total. The van der Waals surface area contributed by atoms with Crippen LogP contribution in [0.1, 0.15) is 40.4 Å². The molecule has 3 rings (SSSR count). The number of aromatic nitrogens is 2. The van der Waals surface area contributed by atoms with Gasteiger partial charge in [-0.2, -0.15) is 5.10 Å². The Kier molecular flexibility index (Phi) is 4.18. The summed E-state index contributed by atoms with van der Waals surface area (Å²) >= 11 is 0. The maximum Gasteiger partial charge on any atom is 0.254 e. The summed E-state index contributed by atoms with van der Waals surface area (Å²) in [7, 11) is -2.02. The lowest BCUT2D eigenvalue weighted by atomic mass is 10.1. The van der Waals surface area contributed by atoms with Crippen molar-refractivity contribution in [2.75, 3.05) is 6.54 Å². The van der Waals surface area contributed by atoms with Crippen molar-refractivity contribution in [2.24, 2.45) is 12.2 Å². The highest BCUT2D eigenvalue weighted by atomic mass is 32.2. The fourth-order valence-corrected chi connectivity index (χ4v) is 3.98. The largest absolute Gasteiger partial charge is 0.331 e. The zero-order chi connectivity index (χ0) is 17.5. The number of carbonyl (C=O) groups excluding carboxylic acids is 1. The first-order valence-corrected chi connectivity index (χ1v) is 9.25. The molecule has 2 N–H and O–H groups in total. The van der Waals surface area contributed by atoms with Gasteiger partial charge >= 0.3 is 0 Å². The smallest absolute Gasteiger partial charge is 0.254 e. The Morgan fingerprint density at radius 3 is 2.75 bits per heavy atom. The standard InChI is InChI=1S/C16H20N4O3S/c1-11-5-6-12(8-15(11)24(17,22)23)16(21)20-7-3-4-14(20)13-9-18-19(2)10-13/h5-6,8-10,14H,3-4,7H2,1-2H3,(H2,17,22,23). The summed E-state index contributed by atoms with van der Waals surface area (Å²) in [6.07, 6.45) is 5.44. The molecule has 1 amide bonds. The van der Waals surface area contributed by atoms with E-state index in [0.29, 0.717) is 17.7 Å². The molecule has 0 aliphatic carbocycles. The quantitative estimate of drug-likeness (QED) is 0.905. The van der Waals surface area contributed by atoms with Gasteiger partial charge in [0.25, 0.3) is 5.91 Å². The van der Waals surface area contributed by atoms with Crippen molar-refractivity contribution in [1.29, 1.82) is 0 Å². The lowest BCUT2D eigenvalue weighted by Crippen LogP contribution is -2.30. The van der Waals surface area contributed by atoms with Gasteiger partial charge < -0.3 is 4.90 Å². The van der Waals surface area contributed by atoms with Crippen LogP contribution in [-0.2, 0) is 17.1 Å². The molecule has 1 saturated heterocycles. The van der Waals surface area contributed by atoms with E-state index in [0.717, 1.165) is 18.4 Å². The van der Waals surface area contributed by atoms with Crippen molar-refractivity contribution < 1.29 is 13.2 Å². The van der Waals surface area contributed by atoms with Gasteiger partial charge in [0, 0.05) is 30.9 Å². The molecule has 8 heteroatoms. The number of hydrogen-bond acceptors (Lipinski definition) is 4. The van der Waals surface area contributed by atoms with Crippen LogP contribution in [0.25, 0.3) is 0 Å². The van der Waals surface area contributed by atoms with Crippen LogP contribution in [0.3, 0.4) is 0 Å². The third-order valence-electron chi connectivity index (χ3n) is 4.36. The summed E-state index contributed by atoms with van der Waals surface area (Å²) in [5.74, 6) is -0.189. The van der Waals surface area contributed by atoms with Crippen LogP contribution in [0.2, 0.25) is 0 Å². The van der Waals surface area contributed by atoms with E-state index in [-0.39, 0.29) is 16.8 Å². The fourth-order valence-electron chi connectivity index (χ4n) is 3.17. The Balaban J connectivity index is 1.94. The highest BCUT2D eigenvalue weighted by Crippen LogP contribution is 2.33. The summed E-state index contributed by atoms with van der Waals surface area (Å²) in [4.78, 5) is 14.7. The molecule has 128 valence electrons. The highest BCUT2D eigenvalue weighted by Gasteiger charge is 2.31. The molecule has 1 aromatic heterocycles. The van der Waals surface area contributed by atoms with E-state index in [1.54, 1.807) is 34.8 Å². The summed E-state index contributed by atoms with van der Waals surface area (Å²) in [6.45, 7) is 2.29. The third-order valence-corrected chi connectivity index (χ3v) is 5.42. The maximum atomic E-state index is 12.9. The second-order valence-electron chi connectivity index (χ2n) is 6.13. The number of likely N-dealkylation sites (tertiary alicyclic amines) is 1. The highest BCUT2D eigenvalue weighted by molar-refractivity contribution is 7.89. The van der Waals surface area contributed by atoms with E-state index in [1.807, 2.05) is 13.2 Å². The topological polar surface area (TPSA) is 98.3 Å². The molecule has 0 spiro atoms. The van der Waals surface area contributed by atoms with Crippen molar-refractivity contribution in [3.8, 4) is 0 Å². The summed E-state index contributed by atoms with van der Waals surface area (Å²) in [5.41, 5.74) is 1.85. The second-order valence-corrected chi connectivity index (χ2v) is 7.66. The SMILES string of the molecule is Cc1ccc(C(=O)N2CCCC2c2cnn(C)c2)cc1S(N)(=O)=O. The fraction of sp³-hybridized carbons (Fsp3) is 0.375. The molecule has 0 bridgehead atoms. The minimum absolute atomic E-state index is 0.00882. The van der Waals surface area contributed by atoms with Gasteiger partial charge in [-0.05, 0) is 37.5 Å². The van der Waals surface area contributed by atoms with Crippen molar-refractivity contribution in [3.05, 3.63) is 47.3 Å². The van der Waals surface area contributed by atoms with Crippen molar-refractivity contribution in [2.45, 2.75) is 30.7 Å². The number of benzene rings is 1. The number of nitrogens with two attached hydrogens (primary N) is 1. The van der Waals surface area contributed by atoms with Crippen LogP contribution in [0, 0.1) is 6.92 Å². The van der Waals surface area contributed by atoms with E-state index in [1.165, 1.54) is 6.07 Å². The molecule has 2 aromatic rings. The van der Waals surface area contributed by atoms with Gasteiger partial charge in [0.2, 0.25) is 10.0 Å². The molecule has 24 heavy (non-hydrogen) atoms. The first-order valence-electron chi connectivity index (χ1n) is 7.70. The first-order chi connectivity index (χ1) is 11.3. The molecule has 1 atom stereocenters.